The van der Waals surface area contributed by atoms with Crippen LogP contribution in [0.5, 0.6) is 0 Å². The number of anilines is 1. The van der Waals surface area contributed by atoms with Gasteiger partial charge in [-0.05, 0) is 31.5 Å². The summed E-state index contributed by atoms with van der Waals surface area (Å²) in [5.74, 6) is 0.0341. The van der Waals surface area contributed by atoms with E-state index in [1.165, 1.54) is 0 Å². The summed E-state index contributed by atoms with van der Waals surface area (Å²) in [6.45, 7) is 5.81. The standard InChI is InChI=1S/C13H18N2O2/c1-9-3-4-11(7-12(9)14)13(16)15-5-6-17-10(2)8-15/h3-4,7,10H,5-6,8,14H2,1-2H3. The normalized spacial score (nSPS) is 20.4. The van der Waals surface area contributed by atoms with E-state index in [9.17, 15) is 4.79 Å². The average molecular weight is 234 g/mol. The number of nitrogen functional groups attached to an aromatic ring is 1. The first-order valence-corrected chi connectivity index (χ1v) is 5.85. The largest absolute Gasteiger partial charge is 0.398 e. The minimum absolute atomic E-state index is 0.0341. The molecule has 1 aromatic carbocycles. The summed E-state index contributed by atoms with van der Waals surface area (Å²) in [5.41, 5.74) is 8.14. The Bertz CT molecular complexity index is 431. The molecule has 1 aliphatic heterocycles. The Morgan fingerprint density at radius 3 is 2.94 bits per heavy atom. The molecule has 1 amide bonds. The molecule has 4 nitrogen and oxygen atoms in total. The third-order valence-corrected chi connectivity index (χ3v) is 3.05. The molecule has 4 heteroatoms. The molecule has 17 heavy (non-hydrogen) atoms. The maximum Gasteiger partial charge on any atom is 0.254 e. The van der Waals surface area contributed by atoms with Crippen LogP contribution in [0.3, 0.4) is 0 Å². The topological polar surface area (TPSA) is 55.6 Å². The number of carbonyl (C=O) groups is 1. The number of hydrogen-bond acceptors (Lipinski definition) is 3. The number of hydrogen-bond donors (Lipinski definition) is 1. The maximum absolute atomic E-state index is 12.2. The average Bonchev–Trinajstić information content (AvgIpc) is 2.32. The Hall–Kier alpha value is -1.55. The highest BCUT2D eigenvalue weighted by atomic mass is 16.5. The first kappa shape index (κ1) is 11.9. The molecule has 0 spiro atoms. The molecule has 2 rings (SSSR count). The molecule has 1 heterocycles. The van der Waals surface area contributed by atoms with E-state index in [1.807, 2.05) is 30.9 Å². The minimum Gasteiger partial charge on any atom is -0.398 e. The zero-order valence-electron chi connectivity index (χ0n) is 10.3. The van der Waals surface area contributed by atoms with E-state index in [-0.39, 0.29) is 12.0 Å². The summed E-state index contributed by atoms with van der Waals surface area (Å²) in [4.78, 5) is 14.0. The van der Waals surface area contributed by atoms with Gasteiger partial charge in [0.15, 0.2) is 0 Å². The van der Waals surface area contributed by atoms with Crippen LogP contribution < -0.4 is 5.73 Å². The molecular formula is C13H18N2O2. The monoisotopic (exact) mass is 234 g/mol. The molecule has 0 aliphatic carbocycles. The summed E-state index contributed by atoms with van der Waals surface area (Å²) in [5, 5.41) is 0. The molecule has 1 aliphatic rings. The molecule has 1 saturated heterocycles. The van der Waals surface area contributed by atoms with E-state index < -0.39 is 0 Å². The zero-order valence-corrected chi connectivity index (χ0v) is 10.3. The minimum atomic E-state index is 0.0341. The number of amides is 1. The predicted octanol–water partition coefficient (Wildman–Crippen LogP) is 1.44. The second-order valence-corrected chi connectivity index (χ2v) is 4.50. The smallest absolute Gasteiger partial charge is 0.254 e. The van der Waals surface area contributed by atoms with Gasteiger partial charge >= 0.3 is 0 Å². The van der Waals surface area contributed by atoms with Crippen LogP contribution in [0.2, 0.25) is 0 Å². The van der Waals surface area contributed by atoms with Gasteiger partial charge < -0.3 is 15.4 Å². The number of nitrogens with two attached hydrogens (primary N) is 1. The molecular weight excluding hydrogens is 216 g/mol. The number of rotatable bonds is 1. The van der Waals surface area contributed by atoms with Crippen molar-refractivity contribution in [3.05, 3.63) is 29.3 Å². The highest BCUT2D eigenvalue weighted by Gasteiger charge is 2.22. The number of ether oxygens (including phenoxy) is 1. The highest BCUT2D eigenvalue weighted by Crippen LogP contribution is 2.16. The summed E-state index contributed by atoms with van der Waals surface area (Å²) >= 11 is 0. The molecule has 1 unspecified atom stereocenters. The number of benzene rings is 1. The second kappa shape index (κ2) is 4.75. The van der Waals surface area contributed by atoms with Gasteiger partial charge in [0.05, 0.1) is 12.7 Å². The van der Waals surface area contributed by atoms with Crippen LogP contribution in [0.15, 0.2) is 18.2 Å². The zero-order chi connectivity index (χ0) is 12.4. The van der Waals surface area contributed by atoms with Crippen LogP contribution in [-0.4, -0.2) is 36.6 Å². The molecule has 0 aromatic heterocycles. The first-order valence-electron chi connectivity index (χ1n) is 5.85. The first-order chi connectivity index (χ1) is 8.08. The van der Waals surface area contributed by atoms with Crippen LogP contribution in [0.1, 0.15) is 22.8 Å². The quantitative estimate of drug-likeness (QED) is 0.748. The van der Waals surface area contributed by atoms with Crippen molar-refractivity contribution in [3.63, 3.8) is 0 Å². The van der Waals surface area contributed by atoms with Crippen LogP contribution in [0.25, 0.3) is 0 Å². The van der Waals surface area contributed by atoms with Gasteiger partial charge in [0.2, 0.25) is 0 Å². The molecule has 2 N–H and O–H groups in total. The Balaban J connectivity index is 2.15. The van der Waals surface area contributed by atoms with E-state index >= 15 is 0 Å². The molecule has 0 bridgehead atoms. The summed E-state index contributed by atoms with van der Waals surface area (Å²) in [6.07, 6.45) is 0.107. The van der Waals surface area contributed by atoms with Crippen molar-refractivity contribution in [2.24, 2.45) is 0 Å². The van der Waals surface area contributed by atoms with Crippen LogP contribution in [0.4, 0.5) is 5.69 Å². The molecule has 1 fully saturated rings. The van der Waals surface area contributed by atoms with Crippen molar-refractivity contribution < 1.29 is 9.53 Å². The van der Waals surface area contributed by atoms with Gasteiger partial charge in [-0.15, -0.1) is 0 Å². The molecule has 0 saturated carbocycles. The van der Waals surface area contributed by atoms with Crippen molar-refractivity contribution >= 4 is 11.6 Å². The van der Waals surface area contributed by atoms with Crippen molar-refractivity contribution in [1.82, 2.24) is 4.90 Å². The Labute approximate surface area is 101 Å². The Kier molecular flexibility index (Phi) is 3.33. The molecule has 1 atom stereocenters. The fourth-order valence-corrected chi connectivity index (χ4v) is 1.96. The lowest BCUT2D eigenvalue weighted by molar-refractivity contribution is -0.0124. The second-order valence-electron chi connectivity index (χ2n) is 4.50. The SMILES string of the molecule is Cc1ccc(C(=O)N2CCOC(C)C2)cc1N. The van der Waals surface area contributed by atoms with Crippen molar-refractivity contribution in [2.75, 3.05) is 25.4 Å². The third-order valence-electron chi connectivity index (χ3n) is 3.05. The van der Waals surface area contributed by atoms with Gasteiger partial charge in [-0.1, -0.05) is 6.07 Å². The summed E-state index contributed by atoms with van der Waals surface area (Å²) < 4.78 is 5.42. The van der Waals surface area contributed by atoms with Gasteiger partial charge in [-0.2, -0.15) is 0 Å². The molecule has 1 aromatic rings. The van der Waals surface area contributed by atoms with Crippen LogP contribution in [-0.2, 0) is 4.74 Å². The highest BCUT2D eigenvalue weighted by molar-refractivity contribution is 5.95. The van der Waals surface area contributed by atoms with Crippen molar-refractivity contribution in [2.45, 2.75) is 20.0 Å². The fraction of sp³-hybridized carbons (Fsp3) is 0.462. The van der Waals surface area contributed by atoms with Gasteiger partial charge in [-0.3, -0.25) is 4.79 Å². The number of aryl methyl sites for hydroxylation is 1. The van der Waals surface area contributed by atoms with Crippen LogP contribution in [0, 0.1) is 6.92 Å². The van der Waals surface area contributed by atoms with Gasteiger partial charge in [0.1, 0.15) is 0 Å². The van der Waals surface area contributed by atoms with Gasteiger partial charge in [0.25, 0.3) is 5.91 Å². The van der Waals surface area contributed by atoms with E-state index in [2.05, 4.69) is 0 Å². The van der Waals surface area contributed by atoms with Crippen LogP contribution >= 0.6 is 0 Å². The lowest BCUT2D eigenvalue weighted by Crippen LogP contribution is -2.44. The van der Waals surface area contributed by atoms with Gasteiger partial charge in [-0.25, -0.2) is 0 Å². The Morgan fingerprint density at radius 1 is 1.53 bits per heavy atom. The summed E-state index contributed by atoms with van der Waals surface area (Å²) in [6, 6.07) is 5.46. The number of nitrogens with zero attached hydrogens (tertiary/aromatic N) is 1. The third kappa shape index (κ3) is 2.58. The van der Waals surface area contributed by atoms with E-state index in [4.69, 9.17) is 10.5 Å². The van der Waals surface area contributed by atoms with E-state index in [1.54, 1.807) is 6.07 Å². The van der Waals surface area contributed by atoms with Gasteiger partial charge in [0, 0.05) is 24.3 Å². The molecule has 0 radical (unpaired) electrons. The Morgan fingerprint density at radius 2 is 2.29 bits per heavy atom. The lowest BCUT2D eigenvalue weighted by atomic mass is 10.1. The van der Waals surface area contributed by atoms with E-state index in [0.717, 1.165) is 5.56 Å². The van der Waals surface area contributed by atoms with Crippen molar-refractivity contribution in [3.8, 4) is 0 Å². The predicted molar refractivity (Wildman–Crippen MR) is 66.9 cm³/mol. The fourth-order valence-electron chi connectivity index (χ4n) is 1.96. The number of carbonyl (C=O) groups excluding carboxylic acids is 1. The molecule has 92 valence electrons. The number of morpholine rings is 1. The van der Waals surface area contributed by atoms with E-state index in [0.29, 0.717) is 30.9 Å². The summed E-state index contributed by atoms with van der Waals surface area (Å²) in [7, 11) is 0. The maximum atomic E-state index is 12.2. The van der Waals surface area contributed by atoms with Crippen molar-refractivity contribution in [1.29, 1.82) is 0 Å². The lowest BCUT2D eigenvalue weighted by Gasteiger charge is -2.31.